The van der Waals surface area contributed by atoms with E-state index < -0.39 is 11.9 Å². The zero-order valence-corrected chi connectivity index (χ0v) is 21.4. The molecule has 0 unspecified atom stereocenters. The summed E-state index contributed by atoms with van der Waals surface area (Å²) in [6.07, 6.45) is 7.92. The number of carbonyl (C=O) groups excluding carboxylic acids is 2. The van der Waals surface area contributed by atoms with Crippen LogP contribution in [-0.2, 0) is 19.1 Å². The summed E-state index contributed by atoms with van der Waals surface area (Å²) in [6, 6.07) is 11.0. The molecular formula is C26H30N2O4S2. The third-order valence-electron chi connectivity index (χ3n) is 5.04. The van der Waals surface area contributed by atoms with Crippen LogP contribution in [0.2, 0.25) is 0 Å². The van der Waals surface area contributed by atoms with E-state index in [1.807, 2.05) is 24.3 Å². The van der Waals surface area contributed by atoms with Crippen molar-refractivity contribution in [2.75, 3.05) is 13.2 Å². The van der Waals surface area contributed by atoms with E-state index in [0.717, 1.165) is 60.4 Å². The van der Waals surface area contributed by atoms with Gasteiger partial charge in [-0.15, -0.1) is 22.7 Å². The second-order valence-corrected chi connectivity index (χ2v) is 9.86. The first-order chi connectivity index (χ1) is 16.5. The molecule has 0 aliphatic carbocycles. The molecular weight excluding hydrogens is 468 g/mol. The van der Waals surface area contributed by atoms with Gasteiger partial charge in [0.05, 0.1) is 22.3 Å². The fourth-order valence-electron chi connectivity index (χ4n) is 3.14. The summed E-state index contributed by atoms with van der Waals surface area (Å²) in [4.78, 5) is 24.7. The maximum absolute atomic E-state index is 12.3. The molecule has 2 aromatic heterocycles. The molecule has 0 N–H and O–H groups in total. The Morgan fingerprint density at radius 2 is 1.12 bits per heavy atom. The second-order valence-electron chi connectivity index (χ2n) is 7.69. The van der Waals surface area contributed by atoms with Crippen LogP contribution in [0.5, 0.6) is 0 Å². The molecule has 0 amide bonds. The Kier molecular flexibility index (Phi) is 12.1. The van der Waals surface area contributed by atoms with Crippen LogP contribution < -0.4 is 9.06 Å². The highest BCUT2D eigenvalue weighted by Crippen LogP contribution is 2.09. The van der Waals surface area contributed by atoms with Crippen molar-refractivity contribution in [3.05, 3.63) is 42.4 Å². The van der Waals surface area contributed by atoms with Gasteiger partial charge < -0.3 is 9.47 Å². The minimum absolute atomic E-state index is 0.0144. The summed E-state index contributed by atoms with van der Waals surface area (Å²) in [5, 5.41) is 19.0. The minimum atomic E-state index is -0.610. The maximum atomic E-state index is 12.3. The molecule has 0 bridgehead atoms. The largest absolute Gasteiger partial charge is 0.462 e. The molecule has 0 aliphatic rings. The van der Waals surface area contributed by atoms with Gasteiger partial charge in [0.25, 0.3) is 0 Å². The van der Waals surface area contributed by atoms with Crippen LogP contribution in [0, 0.1) is 31.7 Å². The number of ether oxygens (including phenoxy) is 2. The molecule has 2 rings (SSSR count). The molecule has 0 radical (unpaired) electrons. The fourth-order valence-corrected chi connectivity index (χ4v) is 5.21. The van der Waals surface area contributed by atoms with Gasteiger partial charge in [-0.05, 0) is 37.1 Å². The van der Waals surface area contributed by atoms with Gasteiger partial charge in [-0.25, -0.2) is 9.59 Å². The molecule has 6 nitrogen and oxygen atoms in total. The highest BCUT2D eigenvalue weighted by molar-refractivity contribution is 7.11. The highest BCUT2D eigenvalue weighted by Gasteiger charge is 2.14. The van der Waals surface area contributed by atoms with Crippen molar-refractivity contribution in [3.63, 3.8) is 0 Å². The molecule has 0 aromatic carbocycles. The first-order valence-electron chi connectivity index (χ1n) is 11.6. The van der Waals surface area contributed by atoms with E-state index in [1.54, 1.807) is 12.1 Å². The summed E-state index contributed by atoms with van der Waals surface area (Å²) >= 11 is 2.60. The van der Waals surface area contributed by atoms with Crippen LogP contribution >= 0.6 is 22.7 Å². The normalized spacial score (nSPS) is 13.4. The number of carbonyl (C=O) groups is 2. The van der Waals surface area contributed by atoms with E-state index in [2.05, 4.69) is 13.8 Å². The lowest BCUT2D eigenvalue weighted by molar-refractivity contribution is -0.137. The van der Waals surface area contributed by atoms with Gasteiger partial charge >= 0.3 is 11.9 Å². The van der Waals surface area contributed by atoms with Crippen molar-refractivity contribution in [1.29, 1.82) is 10.5 Å². The van der Waals surface area contributed by atoms with Gasteiger partial charge in [-0.1, -0.05) is 52.4 Å². The van der Waals surface area contributed by atoms with Crippen molar-refractivity contribution < 1.29 is 19.1 Å². The van der Waals surface area contributed by atoms with Crippen LogP contribution in [0.15, 0.2) is 24.3 Å². The first-order valence-corrected chi connectivity index (χ1v) is 13.3. The number of nitrogens with zero attached hydrogens (tertiary/aromatic N) is 2. The van der Waals surface area contributed by atoms with E-state index in [-0.39, 0.29) is 11.1 Å². The molecule has 0 fully saturated rings. The number of hydrogen-bond acceptors (Lipinski definition) is 8. The Balaban J connectivity index is 2.26. The van der Waals surface area contributed by atoms with Gasteiger partial charge in [0.15, 0.2) is 11.1 Å². The third kappa shape index (κ3) is 8.13. The standard InChI is InChI=1S/C26H30N2O4S2/c1-3-5-7-9-15-31-25(29)19(17-27)21-11-13-23(33-21)24-14-12-22(34-24)20(18-28)26(30)32-16-10-8-6-4-2/h11-14H,3-10,15-16H2,1-2H3/b21-19-,22-20-,24-23-. The minimum Gasteiger partial charge on any atom is -0.462 e. The molecule has 2 aromatic rings. The zero-order valence-electron chi connectivity index (χ0n) is 19.7. The van der Waals surface area contributed by atoms with Crippen LogP contribution in [0.4, 0.5) is 0 Å². The van der Waals surface area contributed by atoms with Gasteiger partial charge in [-0.3, -0.25) is 0 Å². The van der Waals surface area contributed by atoms with E-state index in [1.165, 1.54) is 22.7 Å². The number of nitriles is 2. The number of hydrogen-bond donors (Lipinski definition) is 0. The SMILES string of the molecule is CCCCCCOC(=O)/C(C#N)=c1/cc/c(=c2\cc/c(=C(\C#N)C(=O)OCCCCCC)s2)s1. The highest BCUT2D eigenvalue weighted by atomic mass is 32.1. The Morgan fingerprint density at radius 3 is 1.47 bits per heavy atom. The number of thiophene rings is 2. The Hall–Kier alpha value is -2.94. The van der Waals surface area contributed by atoms with Crippen LogP contribution in [-0.4, -0.2) is 25.2 Å². The van der Waals surface area contributed by atoms with E-state index in [4.69, 9.17) is 9.47 Å². The Morgan fingerprint density at radius 1 is 0.706 bits per heavy atom. The van der Waals surface area contributed by atoms with Crippen molar-refractivity contribution in [1.82, 2.24) is 0 Å². The molecule has 0 aliphatic heterocycles. The molecule has 0 saturated carbocycles. The first kappa shape index (κ1) is 27.3. The van der Waals surface area contributed by atoms with Crippen molar-refractivity contribution >= 4 is 45.8 Å². The average Bonchev–Trinajstić information content (AvgIpc) is 3.50. The van der Waals surface area contributed by atoms with Crippen molar-refractivity contribution in [2.45, 2.75) is 65.2 Å². The summed E-state index contributed by atoms with van der Waals surface area (Å²) < 4.78 is 13.2. The van der Waals surface area contributed by atoms with Gasteiger partial charge in [0.1, 0.15) is 12.1 Å². The van der Waals surface area contributed by atoms with Crippen LogP contribution in [0.3, 0.4) is 0 Å². The maximum Gasteiger partial charge on any atom is 0.350 e. The van der Waals surface area contributed by atoms with E-state index in [9.17, 15) is 20.1 Å². The molecule has 34 heavy (non-hydrogen) atoms. The second kappa shape index (κ2) is 15.1. The molecule has 0 spiro atoms. The Bertz CT molecular complexity index is 1160. The lowest BCUT2D eigenvalue weighted by Gasteiger charge is -2.02. The lowest BCUT2D eigenvalue weighted by Crippen LogP contribution is -2.13. The lowest BCUT2D eigenvalue weighted by atomic mass is 10.2. The fraction of sp³-hybridized carbons (Fsp3) is 0.462. The summed E-state index contributed by atoms with van der Waals surface area (Å²) in [5.41, 5.74) is -0.0288. The number of esters is 2. The smallest absolute Gasteiger partial charge is 0.350 e. The molecule has 180 valence electrons. The van der Waals surface area contributed by atoms with Crippen molar-refractivity contribution in [2.24, 2.45) is 0 Å². The third-order valence-corrected chi connectivity index (χ3v) is 7.44. The van der Waals surface area contributed by atoms with Gasteiger partial charge in [0, 0.05) is 9.06 Å². The van der Waals surface area contributed by atoms with Gasteiger partial charge in [0.2, 0.25) is 0 Å². The molecule has 8 heteroatoms. The van der Waals surface area contributed by atoms with Crippen LogP contribution in [0.25, 0.3) is 11.1 Å². The van der Waals surface area contributed by atoms with Crippen LogP contribution in [0.1, 0.15) is 65.2 Å². The molecule has 2 heterocycles. The predicted octanol–water partition coefficient (Wildman–Crippen LogP) is 4.69. The van der Waals surface area contributed by atoms with E-state index in [0.29, 0.717) is 22.3 Å². The predicted molar refractivity (Wildman–Crippen MR) is 134 cm³/mol. The average molecular weight is 499 g/mol. The summed E-state index contributed by atoms with van der Waals surface area (Å²) in [6.45, 7) is 4.83. The Labute approximate surface area is 208 Å². The number of rotatable bonds is 12. The zero-order chi connectivity index (χ0) is 24.8. The molecule has 0 atom stereocenters. The topological polar surface area (TPSA) is 100 Å². The number of unbranched alkanes of at least 4 members (excludes halogenated alkanes) is 6. The monoisotopic (exact) mass is 498 g/mol. The summed E-state index contributed by atoms with van der Waals surface area (Å²) in [5.74, 6) is -1.22. The van der Waals surface area contributed by atoms with E-state index >= 15 is 0 Å². The summed E-state index contributed by atoms with van der Waals surface area (Å²) in [7, 11) is 0. The molecule has 0 saturated heterocycles. The van der Waals surface area contributed by atoms with Gasteiger partial charge in [-0.2, -0.15) is 10.5 Å². The van der Waals surface area contributed by atoms with Crippen molar-refractivity contribution in [3.8, 4) is 12.1 Å². The quantitative estimate of drug-likeness (QED) is 0.311.